The minimum atomic E-state index is -1.46. The maximum absolute atomic E-state index is 8.78. The molecule has 0 aromatic heterocycles. The Morgan fingerprint density at radius 3 is 2.45 bits per heavy atom. The van der Waals surface area contributed by atoms with Crippen LogP contribution in [-0.4, -0.2) is 17.2 Å². The van der Waals surface area contributed by atoms with E-state index in [2.05, 4.69) is 15.9 Å². The van der Waals surface area contributed by atoms with Crippen LogP contribution in [0.5, 0.6) is 0 Å². The standard InChI is InChI=1S/C6H5BBrClO2/c8-6-3-4(9)1-2-5(6)7(10)11/h1-3,10-11H. The van der Waals surface area contributed by atoms with Gasteiger partial charge in [0, 0.05) is 9.50 Å². The predicted molar refractivity (Wildman–Crippen MR) is 49.0 cm³/mol. The molecule has 0 atom stereocenters. The molecule has 11 heavy (non-hydrogen) atoms. The fraction of sp³-hybridized carbons (Fsp3) is 0. The average molecular weight is 235 g/mol. The van der Waals surface area contributed by atoms with Crippen molar-refractivity contribution in [1.82, 2.24) is 0 Å². The molecular formula is C6H5BBrClO2. The summed E-state index contributed by atoms with van der Waals surface area (Å²) in [5.74, 6) is 0. The van der Waals surface area contributed by atoms with Gasteiger partial charge >= 0.3 is 7.12 Å². The fourth-order valence-electron chi connectivity index (χ4n) is 0.711. The van der Waals surface area contributed by atoms with E-state index in [4.69, 9.17) is 21.6 Å². The molecule has 0 radical (unpaired) electrons. The van der Waals surface area contributed by atoms with Crippen LogP contribution in [0.4, 0.5) is 0 Å². The molecule has 58 valence electrons. The van der Waals surface area contributed by atoms with E-state index in [0.29, 0.717) is 15.0 Å². The van der Waals surface area contributed by atoms with E-state index in [1.807, 2.05) is 0 Å². The predicted octanol–water partition coefficient (Wildman–Crippen LogP) is 0.782. The molecule has 1 aromatic carbocycles. The zero-order chi connectivity index (χ0) is 8.43. The molecule has 1 aromatic rings. The third kappa shape index (κ3) is 2.20. The zero-order valence-corrected chi connectivity index (χ0v) is 7.80. The molecule has 5 heteroatoms. The van der Waals surface area contributed by atoms with Crippen LogP contribution in [0.3, 0.4) is 0 Å². The van der Waals surface area contributed by atoms with Crippen molar-refractivity contribution in [3.05, 3.63) is 27.7 Å². The summed E-state index contributed by atoms with van der Waals surface area (Å²) < 4.78 is 0.597. The highest BCUT2D eigenvalue weighted by Gasteiger charge is 2.13. The van der Waals surface area contributed by atoms with Crippen LogP contribution < -0.4 is 5.46 Å². The first-order valence-corrected chi connectivity index (χ1v) is 4.09. The summed E-state index contributed by atoms with van der Waals surface area (Å²) in [4.78, 5) is 0. The third-order valence-corrected chi connectivity index (χ3v) is 2.16. The summed E-state index contributed by atoms with van der Waals surface area (Å²) in [7, 11) is -1.46. The summed E-state index contributed by atoms with van der Waals surface area (Å²) in [5.41, 5.74) is 0.411. The van der Waals surface area contributed by atoms with Crippen molar-refractivity contribution in [3.63, 3.8) is 0 Å². The fourth-order valence-corrected chi connectivity index (χ4v) is 1.60. The van der Waals surface area contributed by atoms with E-state index in [9.17, 15) is 0 Å². The van der Waals surface area contributed by atoms with Crippen LogP contribution in [0.15, 0.2) is 22.7 Å². The highest BCUT2D eigenvalue weighted by molar-refractivity contribution is 9.10. The Morgan fingerprint density at radius 2 is 2.00 bits per heavy atom. The Morgan fingerprint density at radius 1 is 1.36 bits per heavy atom. The lowest BCUT2D eigenvalue weighted by molar-refractivity contribution is 0.425. The first-order chi connectivity index (χ1) is 5.11. The molecule has 0 aliphatic heterocycles. The molecule has 0 heterocycles. The summed E-state index contributed by atoms with van der Waals surface area (Å²) in [5, 5.41) is 18.1. The zero-order valence-electron chi connectivity index (χ0n) is 5.46. The normalized spacial score (nSPS) is 9.82. The molecular weight excluding hydrogens is 230 g/mol. The van der Waals surface area contributed by atoms with Crippen molar-refractivity contribution >= 4 is 40.1 Å². The van der Waals surface area contributed by atoms with Gasteiger partial charge in [0.2, 0.25) is 0 Å². The lowest BCUT2D eigenvalue weighted by atomic mass is 9.80. The Bertz CT molecular complexity index is 267. The van der Waals surface area contributed by atoms with Gasteiger partial charge in [-0.05, 0) is 17.6 Å². The molecule has 0 aliphatic carbocycles. The molecule has 2 nitrogen and oxygen atoms in total. The highest BCUT2D eigenvalue weighted by atomic mass is 79.9. The molecule has 0 unspecified atom stereocenters. The van der Waals surface area contributed by atoms with Crippen molar-refractivity contribution in [1.29, 1.82) is 0 Å². The Kier molecular flexibility index (Phi) is 2.95. The second-order valence-corrected chi connectivity index (χ2v) is 3.33. The molecule has 0 aliphatic rings. The van der Waals surface area contributed by atoms with Gasteiger partial charge in [0.25, 0.3) is 0 Å². The number of rotatable bonds is 1. The van der Waals surface area contributed by atoms with E-state index in [-0.39, 0.29) is 0 Å². The van der Waals surface area contributed by atoms with Gasteiger partial charge in [-0.25, -0.2) is 0 Å². The summed E-state index contributed by atoms with van der Waals surface area (Å²) >= 11 is 8.77. The van der Waals surface area contributed by atoms with Gasteiger partial charge in [0.05, 0.1) is 0 Å². The minimum Gasteiger partial charge on any atom is -0.423 e. The summed E-state index contributed by atoms with van der Waals surface area (Å²) in [6.45, 7) is 0. The quantitative estimate of drug-likeness (QED) is 0.706. The summed E-state index contributed by atoms with van der Waals surface area (Å²) in [6.07, 6.45) is 0. The Balaban J connectivity index is 3.09. The molecule has 0 amide bonds. The summed E-state index contributed by atoms with van der Waals surface area (Å²) in [6, 6.07) is 4.76. The van der Waals surface area contributed by atoms with Crippen LogP contribution in [0, 0.1) is 0 Å². The Hall–Kier alpha value is -0.0251. The van der Waals surface area contributed by atoms with Crippen molar-refractivity contribution < 1.29 is 10.0 Å². The Labute approximate surface area is 78.1 Å². The molecule has 0 spiro atoms. The van der Waals surface area contributed by atoms with Gasteiger partial charge in [-0.2, -0.15) is 0 Å². The van der Waals surface area contributed by atoms with Crippen molar-refractivity contribution in [2.45, 2.75) is 0 Å². The third-order valence-electron chi connectivity index (χ3n) is 1.24. The maximum Gasteiger partial charge on any atom is 0.489 e. The second kappa shape index (κ2) is 3.58. The topological polar surface area (TPSA) is 40.5 Å². The van der Waals surface area contributed by atoms with Gasteiger partial charge in [0.1, 0.15) is 0 Å². The van der Waals surface area contributed by atoms with Gasteiger partial charge < -0.3 is 10.0 Å². The minimum absolute atomic E-state index is 0.411. The second-order valence-electron chi connectivity index (χ2n) is 2.04. The van der Waals surface area contributed by atoms with Crippen LogP contribution in [-0.2, 0) is 0 Å². The molecule has 0 saturated carbocycles. The van der Waals surface area contributed by atoms with E-state index in [1.165, 1.54) is 0 Å². The number of halogens is 2. The molecule has 1 rings (SSSR count). The van der Waals surface area contributed by atoms with Crippen LogP contribution in [0.2, 0.25) is 5.02 Å². The number of hydrogen-bond acceptors (Lipinski definition) is 2. The van der Waals surface area contributed by atoms with E-state index in [0.717, 1.165) is 0 Å². The largest absolute Gasteiger partial charge is 0.489 e. The first-order valence-electron chi connectivity index (χ1n) is 2.92. The lowest BCUT2D eigenvalue weighted by Gasteiger charge is -2.01. The smallest absolute Gasteiger partial charge is 0.423 e. The lowest BCUT2D eigenvalue weighted by Crippen LogP contribution is -2.30. The van der Waals surface area contributed by atoms with E-state index < -0.39 is 7.12 Å². The maximum atomic E-state index is 8.78. The van der Waals surface area contributed by atoms with Gasteiger partial charge in [0.15, 0.2) is 0 Å². The average Bonchev–Trinajstić information content (AvgIpc) is 1.85. The number of hydrogen-bond donors (Lipinski definition) is 2. The molecule has 0 saturated heterocycles. The molecule has 0 bridgehead atoms. The van der Waals surface area contributed by atoms with E-state index >= 15 is 0 Å². The van der Waals surface area contributed by atoms with Gasteiger partial charge in [-0.3, -0.25) is 0 Å². The van der Waals surface area contributed by atoms with Crippen LogP contribution >= 0.6 is 27.5 Å². The highest BCUT2D eigenvalue weighted by Crippen LogP contribution is 2.14. The SMILES string of the molecule is OB(O)c1ccc(Cl)cc1Br. The monoisotopic (exact) mass is 234 g/mol. The molecule has 0 fully saturated rings. The van der Waals surface area contributed by atoms with Crippen molar-refractivity contribution in [2.75, 3.05) is 0 Å². The van der Waals surface area contributed by atoms with Crippen molar-refractivity contribution in [2.24, 2.45) is 0 Å². The van der Waals surface area contributed by atoms with Crippen molar-refractivity contribution in [3.8, 4) is 0 Å². The molecule has 2 N–H and O–H groups in total. The van der Waals surface area contributed by atoms with Crippen LogP contribution in [0.25, 0.3) is 0 Å². The first kappa shape index (κ1) is 9.07. The van der Waals surface area contributed by atoms with Crippen LogP contribution in [0.1, 0.15) is 0 Å². The van der Waals surface area contributed by atoms with E-state index in [1.54, 1.807) is 18.2 Å². The van der Waals surface area contributed by atoms with Gasteiger partial charge in [-0.15, -0.1) is 0 Å². The number of benzene rings is 1. The van der Waals surface area contributed by atoms with Gasteiger partial charge in [-0.1, -0.05) is 33.6 Å².